The van der Waals surface area contributed by atoms with Gasteiger partial charge < -0.3 is 0 Å². The van der Waals surface area contributed by atoms with Crippen LogP contribution in [0.25, 0.3) is 0 Å². The number of aromatic nitrogens is 3. The number of amides is 1. The van der Waals surface area contributed by atoms with E-state index in [1.165, 1.54) is 4.79 Å². The van der Waals surface area contributed by atoms with Gasteiger partial charge in [-0.25, -0.2) is 5.43 Å². The fourth-order valence-electron chi connectivity index (χ4n) is 1.03. The van der Waals surface area contributed by atoms with E-state index >= 15 is 0 Å². The minimum atomic E-state index is -0.229. The molecule has 15 heavy (non-hydrogen) atoms. The molecule has 0 aromatic carbocycles. The maximum absolute atomic E-state index is 11.6. The molecule has 2 rings (SSSR count). The van der Waals surface area contributed by atoms with E-state index in [1.807, 2.05) is 0 Å². The maximum atomic E-state index is 11.6. The summed E-state index contributed by atoms with van der Waals surface area (Å²) in [7, 11) is 0. The second-order valence-corrected chi connectivity index (χ2v) is 3.70. The zero-order valence-corrected chi connectivity index (χ0v) is 9.18. The highest BCUT2D eigenvalue weighted by Gasteiger charge is 2.05. The van der Waals surface area contributed by atoms with Gasteiger partial charge in [-0.2, -0.15) is 9.89 Å². The summed E-state index contributed by atoms with van der Waals surface area (Å²) in [5, 5.41) is 3.90. The van der Waals surface area contributed by atoms with Gasteiger partial charge in [-0.3, -0.25) is 9.78 Å². The molecule has 0 saturated heterocycles. The van der Waals surface area contributed by atoms with Crippen LogP contribution in [-0.4, -0.2) is 20.8 Å². The van der Waals surface area contributed by atoms with Crippen LogP contribution < -0.4 is 5.43 Å². The first-order chi connectivity index (χ1) is 7.25. The van der Waals surface area contributed by atoms with E-state index in [1.54, 1.807) is 36.9 Å². The molecular formula is C9H7BrN4O. The molecule has 76 valence electrons. The number of nitrogens with one attached hydrogen (secondary N) is 1. The molecule has 0 bridgehead atoms. The topological polar surface area (TPSA) is 59.8 Å². The van der Waals surface area contributed by atoms with Gasteiger partial charge in [-0.05, 0) is 28.1 Å². The van der Waals surface area contributed by atoms with Gasteiger partial charge in [-0.1, -0.05) is 0 Å². The number of rotatable bonds is 2. The molecule has 0 saturated carbocycles. The van der Waals surface area contributed by atoms with E-state index in [0.717, 1.165) is 4.47 Å². The number of hydrogen-bond donors (Lipinski definition) is 1. The number of pyridine rings is 1. The van der Waals surface area contributed by atoms with Crippen molar-refractivity contribution in [2.75, 3.05) is 5.43 Å². The lowest BCUT2D eigenvalue weighted by atomic mass is 10.3. The molecule has 0 aliphatic rings. The number of hydrogen-bond acceptors (Lipinski definition) is 3. The number of carbonyl (C=O) groups excluding carboxylic acids is 1. The SMILES string of the molecule is O=C(Nn1cc(Br)cn1)c1ccncc1. The Bertz CT molecular complexity index is 468. The second kappa shape index (κ2) is 4.22. The van der Waals surface area contributed by atoms with Crippen LogP contribution in [0, 0.1) is 0 Å². The standard InChI is InChI=1S/C9H7BrN4O/c10-8-5-12-14(6-8)13-9(15)7-1-3-11-4-2-7/h1-6H,(H,13,15). The Morgan fingerprint density at radius 2 is 2.13 bits per heavy atom. The quantitative estimate of drug-likeness (QED) is 0.895. The highest BCUT2D eigenvalue weighted by atomic mass is 79.9. The van der Waals surface area contributed by atoms with Crippen molar-refractivity contribution in [3.63, 3.8) is 0 Å². The lowest BCUT2D eigenvalue weighted by Crippen LogP contribution is -2.23. The molecule has 5 nitrogen and oxygen atoms in total. The van der Waals surface area contributed by atoms with Crippen molar-refractivity contribution >= 4 is 21.8 Å². The average Bonchev–Trinajstić information content (AvgIpc) is 2.65. The van der Waals surface area contributed by atoms with E-state index < -0.39 is 0 Å². The van der Waals surface area contributed by atoms with Crippen molar-refractivity contribution < 1.29 is 4.79 Å². The van der Waals surface area contributed by atoms with Crippen molar-refractivity contribution in [3.8, 4) is 0 Å². The van der Waals surface area contributed by atoms with Crippen LogP contribution in [0.1, 0.15) is 10.4 Å². The summed E-state index contributed by atoms with van der Waals surface area (Å²) in [6.45, 7) is 0. The first-order valence-electron chi connectivity index (χ1n) is 4.17. The Morgan fingerprint density at radius 1 is 1.40 bits per heavy atom. The molecule has 0 unspecified atom stereocenters. The predicted molar refractivity (Wildman–Crippen MR) is 57.9 cm³/mol. The van der Waals surface area contributed by atoms with Gasteiger partial charge in [0.2, 0.25) is 0 Å². The van der Waals surface area contributed by atoms with Crippen LogP contribution in [0.5, 0.6) is 0 Å². The van der Waals surface area contributed by atoms with Crippen LogP contribution in [0.4, 0.5) is 0 Å². The molecular weight excluding hydrogens is 260 g/mol. The minimum Gasteiger partial charge on any atom is -0.267 e. The Balaban J connectivity index is 2.11. The number of carbonyl (C=O) groups is 1. The summed E-state index contributed by atoms with van der Waals surface area (Å²) in [4.78, 5) is 16.8. The van der Waals surface area contributed by atoms with Crippen molar-refractivity contribution in [3.05, 3.63) is 47.0 Å². The average molecular weight is 267 g/mol. The van der Waals surface area contributed by atoms with Crippen LogP contribution >= 0.6 is 15.9 Å². The van der Waals surface area contributed by atoms with Gasteiger partial charge in [0.1, 0.15) is 0 Å². The van der Waals surface area contributed by atoms with Gasteiger partial charge in [0.15, 0.2) is 0 Å². The third-order valence-electron chi connectivity index (χ3n) is 1.71. The zero-order chi connectivity index (χ0) is 10.7. The Morgan fingerprint density at radius 3 is 2.73 bits per heavy atom. The van der Waals surface area contributed by atoms with Crippen LogP contribution in [0.15, 0.2) is 41.4 Å². The van der Waals surface area contributed by atoms with Gasteiger partial charge in [0, 0.05) is 18.0 Å². The van der Waals surface area contributed by atoms with Gasteiger partial charge >= 0.3 is 0 Å². The van der Waals surface area contributed by atoms with Gasteiger partial charge in [0.25, 0.3) is 5.91 Å². The molecule has 0 atom stereocenters. The zero-order valence-electron chi connectivity index (χ0n) is 7.59. The summed E-state index contributed by atoms with van der Waals surface area (Å²) >= 11 is 3.23. The minimum absolute atomic E-state index is 0.229. The molecule has 1 N–H and O–H groups in total. The summed E-state index contributed by atoms with van der Waals surface area (Å²) < 4.78 is 0.803. The highest BCUT2D eigenvalue weighted by Crippen LogP contribution is 2.05. The summed E-state index contributed by atoms with van der Waals surface area (Å²) in [5.74, 6) is -0.229. The molecule has 0 radical (unpaired) electrons. The van der Waals surface area contributed by atoms with Crippen molar-refractivity contribution in [1.82, 2.24) is 14.9 Å². The monoisotopic (exact) mass is 266 g/mol. The molecule has 0 aliphatic carbocycles. The molecule has 2 aromatic rings. The smallest absolute Gasteiger partial charge is 0.267 e. The highest BCUT2D eigenvalue weighted by molar-refractivity contribution is 9.10. The largest absolute Gasteiger partial charge is 0.271 e. The van der Waals surface area contributed by atoms with Crippen molar-refractivity contribution in [2.24, 2.45) is 0 Å². The molecule has 1 amide bonds. The van der Waals surface area contributed by atoms with Gasteiger partial charge in [0.05, 0.1) is 16.9 Å². The molecule has 0 fully saturated rings. The van der Waals surface area contributed by atoms with E-state index in [9.17, 15) is 4.79 Å². The third kappa shape index (κ3) is 2.41. The van der Waals surface area contributed by atoms with Crippen LogP contribution in [0.3, 0.4) is 0 Å². The Hall–Kier alpha value is -1.69. The van der Waals surface area contributed by atoms with E-state index in [4.69, 9.17) is 0 Å². The van der Waals surface area contributed by atoms with E-state index in [0.29, 0.717) is 5.56 Å². The number of nitrogens with zero attached hydrogens (tertiary/aromatic N) is 3. The lowest BCUT2D eigenvalue weighted by Gasteiger charge is -2.03. The normalized spacial score (nSPS) is 9.93. The number of halogens is 1. The summed E-state index contributed by atoms with van der Waals surface area (Å²) in [6, 6.07) is 3.27. The molecule has 0 spiro atoms. The molecule has 0 aliphatic heterocycles. The van der Waals surface area contributed by atoms with Gasteiger partial charge in [-0.15, -0.1) is 0 Å². The van der Waals surface area contributed by atoms with E-state index in [-0.39, 0.29) is 5.91 Å². The third-order valence-corrected chi connectivity index (χ3v) is 2.12. The fourth-order valence-corrected chi connectivity index (χ4v) is 1.32. The first-order valence-corrected chi connectivity index (χ1v) is 4.96. The van der Waals surface area contributed by atoms with E-state index in [2.05, 4.69) is 31.4 Å². The predicted octanol–water partition coefficient (Wildman–Crippen LogP) is 1.42. The first kappa shape index (κ1) is 9.85. The van der Waals surface area contributed by atoms with Crippen molar-refractivity contribution in [1.29, 1.82) is 0 Å². The Labute approximate surface area is 94.2 Å². The second-order valence-electron chi connectivity index (χ2n) is 2.78. The maximum Gasteiger partial charge on any atom is 0.271 e. The summed E-state index contributed by atoms with van der Waals surface area (Å²) in [6.07, 6.45) is 6.37. The van der Waals surface area contributed by atoms with Crippen LogP contribution in [0.2, 0.25) is 0 Å². The molecule has 6 heteroatoms. The molecule has 2 aromatic heterocycles. The Kier molecular flexibility index (Phi) is 2.77. The lowest BCUT2D eigenvalue weighted by molar-refractivity contribution is 0.100. The van der Waals surface area contributed by atoms with Crippen molar-refractivity contribution in [2.45, 2.75) is 0 Å². The molecule has 2 heterocycles. The van der Waals surface area contributed by atoms with Crippen LogP contribution in [-0.2, 0) is 0 Å². The fraction of sp³-hybridized carbons (Fsp3) is 0. The summed E-state index contributed by atoms with van der Waals surface area (Å²) in [5.41, 5.74) is 3.13.